The van der Waals surface area contributed by atoms with Gasteiger partial charge in [0, 0.05) is 11.1 Å². The van der Waals surface area contributed by atoms with E-state index in [9.17, 15) is 0 Å². The van der Waals surface area contributed by atoms with Crippen LogP contribution in [0.15, 0.2) is 30.3 Å². The van der Waals surface area contributed by atoms with Gasteiger partial charge in [-0.25, -0.2) is 4.98 Å². The van der Waals surface area contributed by atoms with Crippen LogP contribution < -0.4 is 10.5 Å². The third-order valence-electron chi connectivity index (χ3n) is 3.66. The Hall–Kier alpha value is -2.03. The van der Waals surface area contributed by atoms with E-state index >= 15 is 0 Å². The van der Waals surface area contributed by atoms with Crippen LogP contribution in [0.2, 0.25) is 0 Å². The van der Waals surface area contributed by atoms with Gasteiger partial charge in [0.1, 0.15) is 5.75 Å². The largest absolute Gasteiger partial charge is 0.494 e. The molecule has 1 aromatic carbocycles. The van der Waals surface area contributed by atoms with Gasteiger partial charge in [0.2, 0.25) is 0 Å². The molecule has 0 aliphatic heterocycles. The van der Waals surface area contributed by atoms with Gasteiger partial charge in [-0.15, -0.1) is 0 Å². The number of nitrogen functional groups attached to an aromatic ring is 1. The number of allylic oxidation sites excluding steroid dienone is 1. The highest BCUT2D eigenvalue weighted by atomic mass is 16.5. The van der Waals surface area contributed by atoms with Gasteiger partial charge in [0.05, 0.1) is 17.8 Å². The zero-order valence-electron chi connectivity index (χ0n) is 13.6. The first-order valence-electron chi connectivity index (χ1n) is 8.24. The number of fused-ring (bicyclic) bond motifs is 1. The summed E-state index contributed by atoms with van der Waals surface area (Å²) in [5, 5.41) is 0.950. The molecule has 0 fully saturated rings. The van der Waals surface area contributed by atoms with Crippen LogP contribution in [0.3, 0.4) is 0 Å². The Balaban J connectivity index is 2.09. The Kier molecular flexibility index (Phi) is 6.26. The van der Waals surface area contributed by atoms with Gasteiger partial charge < -0.3 is 10.5 Å². The van der Waals surface area contributed by atoms with E-state index in [0.29, 0.717) is 6.61 Å². The van der Waals surface area contributed by atoms with E-state index in [1.165, 1.54) is 25.7 Å². The number of aromatic nitrogens is 1. The zero-order valence-corrected chi connectivity index (χ0v) is 13.6. The highest BCUT2D eigenvalue weighted by molar-refractivity contribution is 5.92. The Labute approximate surface area is 133 Å². The molecule has 0 atom stereocenters. The van der Waals surface area contributed by atoms with E-state index in [2.05, 4.69) is 24.1 Å². The van der Waals surface area contributed by atoms with Gasteiger partial charge in [0.15, 0.2) is 0 Å². The van der Waals surface area contributed by atoms with E-state index in [4.69, 9.17) is 10.5 Å². The Morgan fingerprint density at radius 1 is 1.14 bits per heavy atom. The van der Waals surface area contributed by atoms with E-state index in [1.54, 1.807) is 0 Å². The van der Waals surface area contributed by atoms with Crippen LogP contribution in [0.5, 0.6) is 5.75 Å². The number of benzene rings is 1. The van der Waals surface area contributed by atoms with E-state index in [1.807, 2.05) is 31.2 Å². The van der Waals surface area contributed by atoms with Crippen molar-refractivity contribution >= 4 is 22.7 Å². The summed E-state index contributed by atoms with van der Waals surface area (Å²) in [6, 6.07) is 7.80. The van der Waals surface area contributed by atoms with Gasteiger partial charge in [-0.05, 0) is 50.1 Å². The first-order valence-corrected chi connectivity index (χ1v) is 8.24. The van der Waals surface area contributed by atoms with Crippen molar-refractivity contribution in [1.82, 2.24) is 4.98 Å². The molecule has 0 aliphatic carbocycles. The lowest BCUT2D eigenvalue weighted by atomic mass is 10.1. The Morgan fingerprint density at radius 3 is 2.77 bits per heavy atom. The van der Waals surface area contributed by atoms with Gasteiger partial charge in [-0.3, -0.25) is 0 Å². The molecule has 2 aromatic rings. The summed E-state index contributed by atoms with van der Waals surface area (Å²) in [6.45, 7) is 4.85. The van der Waals surface area contributed by atoms with Crippen molar-refractivity contribution < 1.29 is 4.74 Å². The smallest absolute Gasteiger partial charge is 0.120 e. The maximum Gasteiger partial charge on any atom is 0.120 e. The first kappa shape index (κ1) is 16.3. The normalized spacial score (nSPS) is 11.4. The summed E-state index contributed by atoms with van der Waals surface area (Å²) < 4.78 is 5.51. The van der Waals surface area contributed by atoms with Crippen molar-refractivity contribution in [1.29, 1.82) is 0 Å². The number of ether oxygens (including phenoxy) is 1. The Bertz CT molecular complexity index is 635. The molecule has 22 heavy (non-hydrogen) atoms. The highest BCUT2D eigenvalue weighted by Crippen LogP contribution is 2.25. The number of pyridine rings is 1. The molecule has 3 nitrogen and oxygen atoms in total. The van der Waals surface area contributed by atoms with Crippen molar-refractivity contribution in [2.24, 2.45) is 0 Å². The topological polar surface area (TPSA) is 48.1 Å². The SMILES string of the molecule is CCCCCCC=Cc1cc(N)c2cc(OCC)ccc2n1. The maximum absolute atomic E-state index is 6.16. The quantitative estimate of drug-likeness (QED) is 0.681. The molecule has 1 heterocycles. The maximum atomic E-state index is 6.16. The fourth-order valence-electron chi connectivity index (χ4n) is 2.49. The lowest BCUT2D eigenvalue weighted by Gasteiger charge is -2.07. The molecule has 2 rings (SSSR count). The van der Waals surface area contributed by atoms with Crippen LogP contribution in [0.25, 0.3) is 17.0 Å². The van der Waals surface area contributed by atoms with Crippen molar-refractivity contribution in [3.05, 3.63) is 36.0 Å². The average Bonchev–Trinajstić information content (AvgIpc) is 2.52. The molecule has 0 bridgehead atoms. The molecule has 118 valence electrons. The minimum absolute atomic E-state index is 0.650. The summed E-state index contributed by atoms with van der Waals surface area (Å²) in [5.74, 6) is 0.836. The molecule has 0 spiro atoms. The average molecular weight is 298 g/mol. The van der Waals surface area contributed by atoms with Crippen LogP contribution in [0, 0.1) is 0 Å². The monoisotopic (exact) mass is 298 g/mol. The van der Waals surface area contributed by atoms with Crippen LogP contribution >= 0.6 is 0 Å². The lowest BCUT2D eigenvalue weighted by Crippen LogP contribution is -1.95. The molecule has 0 unspecified atom stereocenters. The number of anilines is 1. The van der Waals surface area contributed by atoms with Crippen molar-refractivity contribution in [2.45, 2.75) is 46.0 Å². The summed E-state index contributed by atoms with van der Waals surface area (Å²) in [5.41, 5.74) is 8.74. The van der Waals surface area contributed by atoms with Crippen molar-refractivity contribution in [3.63, 3.8) is 0 Å². The number of unbranched alkanes of at least 4 members (excludes halogenated alkanes) is 4. The standard InChI is InChI=1S/C19H26N2O/c1-3-5-6-7-8-9-10-15-13-18(20)17-14-16(22-4-2)11-12-19(17)21-15/h9-14H,3-8H2,1-2H3,(H2,20,21). The molecule has 0 radical (unpaired) electrons. The summed E-state index contributed by atoms with van der Waals surface area (Å²) in [7, 11) is 0. The third kappa shape index (κ3) is 4.48. The fraction of sp³-hybridized carbons (Fsp3) is 0.421. The van der Waals surface area contributed by atoms with Crippen LogP contribution in [-0.4, -0.2) is 11.6 Å². The summed E-state index contributed by atoms with van der Waals surface area (Å²) >= 11 is 0. The predicted octanol–water partition coefficient (Wildman–Crippen LogP) is 5.20. The van der Waals surface area contributed by atoms with Crippen LogP contribution in [-0.2, 0) is 0 Å². The summed E-state index contributed by atoms with van der Waals surface area (Å²) in [6.07, 6.45) is 10.5. The van der Waals surface area contributed by atoms with E-state index < -0.39 is 0 Å². The molecular formula is C19H26N2O. The van der Waals surface area contributed by atoms with Gasteiger partial charge in [0.25, 0.3) is 0 Å². The zero-order chi connectivity index (χ0) is 15.8. The number of nitrogens with two attached hydrogens (primary N) is 1. The van der Waals surface area contributed by atoms with E-state index in [0.717, 1.165) is 34.5 Å². The molecule has 0 saturated heterocycles. The van der Waals surface area contributed by atoms with Gasteiger partial charge in [-0.2, -0.15) is 0 Å². The predicted molar refractivity (Wildman–Crippen MR) is 95.1 cm³/mol. The van der Waals surface area contributed by atoms with Crippen LogP contribution in [0.4, 0.5) is 5.69 Å². The van der Waals surface area contributed by atoms with Crippen LogP contribution in [0.1, 0.15) is 51.6 Å². The minimum Gasteiger partial charge on any atom is -0.494 e. The van der Waals surface area contributed by atoms with Gasteiger partial charge >= 0.3 is 0 Å². The molecule has 3 heteroatoms. The molecule has 0 saturated carbocycles. The minimum atomic E-state index is 0.650. The fourth-order valence-corrected chi connectivity index (χ4v) is 2.49. The molecule has 0 aliphatic rings. The molecule has 0 amide bonds. The number of nitrogens with zero attached hydrogens (tertiary/aromatic N) is 1. The second-order valence-corrected chi connectivity index (χ2v) is 5.50. The molecule has 1 aromatic heterocycles. The lowest BCUT2D eigenvalue weighted by molar-refractivity contribution is 0.340. The second kappa shape index (κ2) is 8.42. The van der Waals surface area contributed by atoms with Crippen molar-refractivity contribution in [3.8, 4) is 5.75 Å². The van der Waals surface area contributed by atoms with Gasteiger partial charge in [-0.1, -0.05) is 32.3 Å². The second-order valence-electron chi connectivity index (χ2n) is 5.50. The molecule has 2 N–H and O–H groups in total. The number of hydrogen-bond acceptors (Lipinski definition) is 3. The Morgan fingerprint density at radius 2 is 2.00 bits per heavy atom. The molecular weight excluding hydrogens is 272 g/mol. The highest BCUT2D eigenvalue weighted by Gasteiger charge is 2.04. The third-order valence-corrected chi connectivity index (χ3v) is 3.66. The van der Waals surface area contributed by atoms with Crippen molar-refractivity contribution in [2.75, 3.05) is 12.3 Å². The van der Waals surface area contributed by atoms with E-state index in [-0.39, 0.29) is 0 Å². The summed E-state index contributed by atoms with van der Waals surface area (Å²) in [4.78, 5) is 4.65. The number of rotatable bonds is 8. The number of hydrogen-bond donors (Lipinski definition) is 1. The first-order chi connectivity index (χ1) is 10.7.